The van der Waals surface area contributed by atoms with Gasteiger partial charge in [0.1, 0.15) is 23.6 Å². The lowest BCUT2D eigenvalue weighted by Gasteiger charge is -2.33. The first-order chi connectivity index (χ1) is 12.1. The topological polar surface area (TPSA) is 70.6 Å². The summed E-state index contributed by atoms with van der Waals surface area (Å²) in [7, 11) is 3.63. The van der Waals surface area contributed by atoms with E-state index < -0.39 is 0 Å². The number of likely N-dealkylation sites (N-methyl/N-ethyl adjacent to an activating group) is 1. The molecule has 0 bridgehead atoms. The number of aromatic nitrogens is 2. The van der Waals surface area contributed by atoms with Crippen molar-refractivity contribution >= 4 is 29.0 Å². The van der Waals surface area contributed by atoms with Crippen LogP contribution in [-0.2, 0) is 0 Å². The Bertz CT molecular complexity index is 762. The molecule has 0 saturated carbocycles. The number of hydrogen-bond donors (Lipinski definition) is 1. The van der Waals surface area contributed by atoms with Crippen LogP contribution in [0, 0.1) is 0 Å². The van der Waals surface area contributed by atoms with Crippen molar-refractivity contribution in [3.63, 3.8) is 0 Å². The van der Waals surface area contributed by atoms with E-state index in [2.05, 4.69) is 32.1 Å². The van der Waals surface area contributed by atoms with Crippen molar-refractivity contribution in [2.45, 2.75) is 0 Å². The molecule has 1 N–H and O–H groups in total. The smallest absolute Gasteiger partial charge is 0.274 e. The van der Waals surface area contributed by atoms with Gasteiger partial charge in [-0.15, -0.1) is 0 Å². The Morgan fingerprint density at radius 2 is 1.96 bits per heavy atom. The van der Waals surface area contributed by atoms with Crippen molar-refractivity contribution in [1.82, 2.24) is 14.9 Å². The van der Waals surface area contributed by atoms with Crippen LogP contribution in [0.15, 0.2) is 30.6 Å². The number of benzene rings is 1. The van der Waals surface area contributed by atoms with E-state index in [1.54, 1.807) is 24.3 Å². The molecule has 0 spiro atoms. The first-order valence-electron chi connectivity index (χ1n) is 7.97. The predicted molar refractivity (Wildman–Crippen MR) is 97.7 cm³/mol. The van der Waals surface area contributed by atoms with Crippen LogP contribution >= 0.6 is 11.6 Å². The number of methoxy groups -OCH3 is 1. The number of amides is 1. The third-order valence-corrected chi connectivity index (χ3v) is 4.36. The fourth-order valence-corrected chi connectivity index (χ4v) is 2.82. The van der Waals surface area contributed by atoms with Gasteiger partial charge in [-0.1, -0.05) is 11.6 Å². The molecular formula is C17H20ClN5O2. The van der Waals surface area contributed by atoms with Gasteiger partial charge in [0.2, 0.25) is 0 Å². The minimum absolute atomic E-state index is 0.297. The predicted octanol–water partition coefficient (Wildman–Crippen LogP) is 2.14. The number of anilines is 2. The van der Waals surface area contributed by atoms with E-state index in [0.29, 0.717) is 22.2 Å². The number of hydrogen-bond acceptors (Lipinski definition) is 6. The number of rotatable bonds is 4. The zero-order chi connectivity index (χ0) is 17.8. The summed E-state index contributed by atoms with van der Waals surface area (Å²) in [6.07, 6.45) is 1.41. The summed E-state index contributed by atoms with van der Waals surface area (Å²) < 4.78 is 5.25. The van der Waals surface area contributed by atoms with Gasteiger partial charge < -0.3 is 19.9 Å². The van der Waals surface area contributed by atoms with E-state index in [-0.39, 0.29) is 5.91 Å². The van der Waals surface area contributed by atoms with Crippen molar-refractivity contribution in [3.05, 3.63) is 41.3 Å². The maximum atomic E-state index is 12.6. The molecule has 1 aliphatic rings. The van der Waals surface area contributed by atoms with E-state index in [1.807, 2.05) is 0 Å². The summed E-state index contributed by atoms with van der Waals surface area (Å²) in [5.74, 6) is 0.954. The van der Waals surface area contributed by atoms with E-state index in [4.69, 9.17) is 16.3 Å². The Balaban J connectivity index is 1.77. The van der Waals surface area contributed by atoms with Crippen LogP contribution in [-0.4, -0.2) is 61.1 Å². The van der Waals surface area contributed by atoms with Crippen LogP contribution in [0.25, 0.3) is 0 Å². The van der Waals surface area contributed by atoms with E-state index in [9.17, 15) is 4.79 Å². The second kappa shape index (κ2) is 7.67. The van der Waals surface area contributed by atoms with Crippen LogP contribution in [0.3, 0.4) is 0 Å². The number of piperazine rings is 1. The largest absolute Gasteiger partial charge is 0.495 e. The lowest BCUT2D eigenvalue weighted by molar-refractivity contribution is 0.102. The summed E-state index contributed by atoms with van der Waals surface area (Å²) >= 11 is 6.00. The first-order valence-corrected chi connectivity index (χ1v) is 8.35. The van der Waals surface area contributed by atoms with Crippen molar-refractivity contribution in [1.29, 1.82) is 0 Å². The highest BCUT2D eigenvalue weighted by Gasteiger charge is 2.18. The molecular weight excluding hydrogens is 342 g/mol. The van der Waals surface area contributed by atoms with Gasteiger partial charge in [-0.05, 0) is 25.2 Å². The number of carbonyl (C=O) groups excluding carboxylic acids is 1. The van der Waals surface area contributed by atoms with Crippen LogP contribution in [0.5, 0.6) is 5.75 Å². The van der Waals surface area contributed by atoms with Gasteiger partial charge in [0, 0.05) is 37.3 Å². The molecule has 1 fully saturated rings. The molecule has 0 aliphatic carbocycles. The molecule has 1 aliphatic heterocycles. The molecule has 2 aromatic rings. The summed E-state index contributed by atoms with van der Waals surface area (Å²) in [6, 6.07) is 6.75. The SMILES string of the molecule is COc1ccc(Cl)cc1NC(=O)c1cc(N2CCN(C)CC2)ncn1. The normalized spacial score (nSPS) is 15.1. The molecule has 2 heterocycles. The van der Waals surface area contributed by atoms with Crippen LogP contribution in [0.1, 0.15) is 10.5 Å². The van der Waals surface area contributed by atoms with Gasteiger partial charge in [-0.25, -0.2) is 9.97 Å². The molecule has 3 rings (SSSR count). The second-order valence-electron chi connectivity index (χ2n) is 5.85. The van der Waals surface area contributed by atoms with Crippen molar-refractivity contribution < 1.29 is 9.53 Å². The molecule has 1 aromatic carbocycles. The molecule has 0 radical (unpaired) electrons. The number of nitrogens with one attached hydrogen (secondary N) is 1. The van der Waals surface area contributed by atoms with Crippen LogP contribution < -0.4 is 15.0 Å². The Kier molecular flexibility index (Phi) is 5.35. The van der Waals surface area contributed by atoms with Crippen LogP contribution in [0.4, 0.5) is 11.5 Å². The summed E-state index contributed by atoms with van der Waals surface area (Å²) in [4.78, 5) is 25.4. The number of nitrogens with zero attached hydrogens (tertiary/aromatic N) is 4. The van der Waals surface area contributed by atoms with Gasteiger partial charge in [-0.2, -0.15) is 0 Å². The highest BCUT2D eigenvalue weighted by atomic mass is 35.5. The third-order valence-electron chi connectivity index (χ3n) is 4.12. The molecule has 7 nitrogen and oxygen atoms in total. The lowest BCUT2D eigenvalue weighted by atomic mass is 10.2. The first kappa shape index (κ1) is 17.4. The van der Waals surface area contributed by atoms with E-state index in [1.165, 1.54) is 13.4 Å². The molecule has 8 heteroatoms. The zero-order valence-electron chi connectivity index (χ0n) is 14.2. The number of carbonyl (C=O) groups is 1. The molecule has 0 atom stereocenters. The quantitative estimate of drug-likeness (QED) is 0.899. The molecule has 1 saturated heterocycles. The summed E-state index contributed by atoms with van der Waals surface area (Å²) in [5.41, 5.74) is 0.797. The average molecular weight is 362 g/mol. The maximum Gasteiger partial charge on any atom is 0.274 e. The average Bonchev–Trinajstić information content (AvgIpc) is 2.62. The standard InChI is InChI=1S/C17H20ClN5O2/c1-22-5-7-23(8-6-22)16-10-14(19-11-20-16)17(24)21-13-9-12(18)3-4-15(13)25-2/h3-4,9-11H,5-8H2,1-2H3,(H,21,24). The molecule has 1 amide bonds. The monoisotopic (exact) mass is 361 g/mol. The van der Waals surface area contributed by atoms with Gasteiger partial charge in [-0.3, -0.25) is 4.79 Å². The Morgan fingerprint density at radius 1 is 1.20 bits per heavy atom. The summed E-state index contributed by atoms with van der Waals surface area (Å²) in [6.45, 7) is 3.67. The maximum absolute atomic E-state index is 12.6. The van der Waals surface area contributed by atoms with Crippen molar-refractivity contribution in [3.8, 4) is 5.75 Å². The number of ether oxygens (including phenoxy) is 1. The van der Waals surface area contributed by atoms with E-state index >= 15 is 0 Å². The second-order valence-corrected chi connectivity index (χ2v) is 6.29. The molecule has 0 unspecified atom stereocenters. The fraction of sp³-hybridized carbons (Fsp3) is 0.353. The highest BCUT2D eigenvalue weighted by molar-refractivity contribution is 6.31. The summed E-state index contributed by atoms with van der Waals surface area (Å²) in [5, 5.41) is 3.30. The Hall–Kier alpha value is -2.38. The van der Waals surface area contributed by atoms with Crippen LogP contribution in [0.2, 0.25) is 5.02 Å². The van der Waals surface area contributed by atoms with Gasteiger partial charge in [0.15, 0.2) is 0 Å². The Morgan fingerprint density at radius 3 is 2.68 bits per heavy atom. The zero-order valence-corrected chi connectivity index (χ0v) is 15.0. The molecule has 1 aromatic heterocycles. The molecule has 25 heavy (non-hydrogen) atoms. The van der Waals surface area contributed by atoms with Gasteiger partial charge in [0.25, 0.3) is 5.91 Å². The fourth-order valence-electron chi connectivity index (χ4n) is 2.64. The third kappa shape index (κ3) is 4.18. The highest BCUT2D eigenvalue weighted by Crippen LogP contribution is 2.28. The minimum Gasteiger partial charge on any atom is -0.495 e. The molecule has 132 valence electrons. The van der Waals surface area contributed by atoms with Gasteiger partial charge >= 0.3 is 0 Å². The van der Waals surface area contributed by atoms with Crippen molar-refractivity contribution in [2.75, 3.05) is 50.6 Å². The number of halogens is 1. The van der Waals surface area contributed by atoms with Gasteiger partial charge in [0.05, 0.1) is 12.8 Å². The van der Waals surface area contributed by atoms with E-state index in [0.717, 1.165) is 32.0 Å². The lowest BCUT2D eigenvalue weighted by Crippen LogP contribution is -2.44. The van der Waals surface area contributed by atoms with Crippen molar-refractivity contribution in [2.24, 2.45) is 0 Å². The minimum atomic E-state index is -0.335. The Labute approximate surface area is 151 Å².